The molecule has 0 bridgehead atoms. The van der Waals surface area contributed by atoms with Crippen molar-refractivity contribution in [2.24, 2.45) is 0 Å². The lowest BCUT2D eigenvalue weighted by Gasteiger charge is -2.10. The van der Waals surface area contributed by atoms with Crippen LogP contribution in [0.3, 0.4) is 0 Å². The van der Waals surface area contributed by atoms with Gasteiger partial charge in [-0.05, 0) is 32.4 Å². The number of carboxylic acid groups (broad SMARTS) is 1. The molecule has 2 N–H and O–H groups in total. The van der Waals surface area contributed by atoms with Crippen LogP contribution >= 0.6 is 11.6 Å². The van der Waals surface area contributed by atoms with Gasteiger partial charge in [-0.1, -0.05) is 11.6 Å². The number of anilines is 1. The number of hydrogen-bond acceptors (Lipinski definition) is 4. The molecule has 21 heavy (non-hydrogen) atoms. The number of hydrogen-bond donors (Lipinski definition) is 2. The molecule has 0 saturated carbocycles. The maximum atomic E-state index is 11.9. The highest BCUT2D eigenvalue weighted by Crippen LogP contribution is 2.30. The van der Waals surface area contributed by atoms with Gasteiger partial charge in [0.25, 0.3) is 11.6 Å². The average Bonchev–Trinajstić information content (AvgIpc) is 2.40. The van der Waals surface area contributed by atoms with Gasteiger partial charge in [0.05, 0.1) is 4.92 Å². The number of nitrogens with zero attached hydrogens (tertiary/aromatic N) is 1. The zero-order valence-electron chi connectivity index (χ0n) is 11.6. The highest BCUT2D eigenvalue weighted by molar-refractivity contribution is 6.33. The lowest BCUT2D eigenvalue weighted by molar-refractivity contribution is -0.384. The molecule has 0 heterocycles. The van der Waals surface area contributed by atoms with E-state index in [1.165, 1.54) is 26.0 Å². The molecule has 0 saturated heterocycles. The molecule has 1 amide bonds. The molecule has 8 heteroatoms. The SMILES string of the molecule is C/C(C(=O)O)=C(/C)C(=O)Nc1cc(Cl)c([N+](=O)[O-])cc1C. The Morgan fingerprint density at radius 3 is 2.33 bits per heavy atom. The van der Waals surface area contributed by atoms with Crippen LogP contribution in [0.5, 0.6) is 0 Å². The van der Waals surface area contributed by atoms with Gasteiger partial charge in [-0.2, -0.15) is 0 Å². The minimum absolute atomic E-state index is 0.0383. The highest BCUT2D eigenvalue weighted by atomic mass is 35.5. The fraction of sp³-hybridized carbons (Fsp3) is 0.231. The minimum Gasteiger partial charge on any atom is -0.478 e. The zero-order valence-corrected chi connectivity index (χ0v) is 12.3. The van der Waals surface area contributed by atoms with Crippen molar-refractivity contribution in [3.63, 3.8) is 0 Å². The van der Waals surface area contributed by atoms with Gasteiger partial charge in [0.15, 0.2) is 0 Å². The van der Waals surface area contributed by atoms with Crippen molar-refractivity contribution in [3.8, 4) is 0 Å². The number of nitro groups is 1. The van der Waals surface area contributed by atoms with E-state index in [0.717, 1.165) is 0 Å². The van der Waals surface area contributed by atoms with Crippen LogP contribution in [0.2, 0.25) is 5.02 Å². The summed E-state index contributed by atoms with van der Waals surface area (Å²) in [6.07, 6.45) is 0. The Hall–Kier alpha value is -2.41. The van der Waals surface area contributed by atoms with E-state index in [4.69, 9.17) is 16.7 Å². The van der Waals surface area contributed by atoms with Crippen LogP contribution in [-0.2, 0) is 9.59 Å². The molecule has 0 fully saturated rings. The van der Waals surface area contributed by atoms with Gasteiger partial charge in [0.2, 0.25) is 0 Å². The summed E-state index contributed by atoms with van der Waals surface area (Å²) in [5, 5.41) is 21.9. The quantitative estimate of drug-likeness (QED) is 0.504. The molecule has 7 nitrogen and oxygen atoms in total. The minimum atomic E-state index is -1.19. The third kappa shape index (κ3) is 3.79. The van der Waals surface area contributed by atoms with Gasteiger partial charge >= 0.3 is 5.97 Å². The standard InChI is InChI=1S/C13H13ClN2O5/c1-6-4-11(16(20)21)9(14)5-10(6)15-12(17)7(2)8(3)13(18)19/h4-5H,1-3H3,(H,15,17)(H,18,19)/b8-7+. The maximum Gasteiger partial charge on any atom is 0.331 e. The Balaban J connectivity index is 3.13. The molecule has 0 radical (unpaired) electrons. The molecule has 0 aliphatic heterocycles. The van der Waals surface area contributed by atoms with Crippen LogP contribution in [0, 0.1) is 17.0 Å². The van der Waals surface area contributed by atoms with Crippen LogP contribution in [0.15, 0.2) is 23.3 Å². The number of benzene rings is 1. The monoisotopic (exact) mass is 312 g/mol. The second-order valence-corrected chi connectivity index (χ2v) is 4.79. The van der Waals surface area contributed by atoms with E-state index in [2.05, 4.69) is 5.32 Å². The third-order valence-corrected chi connectivity index (χ3v) is 3.27. The Morgan fingerprint density at radius 1 is 1.29 bits per heavy atom. The first kappa shape index (κ1) is 16.6. The predicted molar refractivity (Wildman–Crippen MR) is 77.5 cm³/mol. The van der Waals surface area contributed by atoms with E-state index in [1.54, 1.807) is 6.92 Å². The normalized spacial score (nSPS) is 11.6. The van der Waals surface area contributed by atoms with Gasteiger partial charge in [-0.15, -0.1) is 0 Å². The van der Waals surface area contributed by atoms with Crippen LogP contribution in [0.25, 0.3) is 0 Å². The van der Waals surface area contributed by atoms with Gasteiger partial charge in [-0.3, -0.25) is 14.9 Å². The Labute approximate surface area is 125 Å². The van der Waals surface area contributed by atoms with E-state index in [-0.39, 0.29) is 27.5 Å². The molecule has 1 rings (SSSR count). The average molecular weight is 313 g/mol. The largest absolute Gasteiger partial charge is 0.478 e. The molecule has 112 valence electrons. The van der Waals surface area contributed by atoms with E-state index in [9.17, 15) is 19.7 Å². The molecule has 1 aromatic rings. The molecule has 0 aliphatic rings. The maximum absolute atomic E-state index is 11.9. The number of carbonyl (C=O) groups excluding carboxylic acids is 1. The second-order valence-electron chi connectivity index (χ2n) is 4.38. The molecule has 0 unspecified atom stereocenters. The zero-order chi connectivity index (χ0) is 16.3. The predicted octanol–water partition coefficient (Wildman–Crippen LogP) is 2.92. The molecule has 0 atom stereocenters. The lowest BCUT2D eigenvalue weighted by atomic mass is 10.1. The second kappa shape index (κ2) is 6.36. The summed E-state index contributed by atoms with van der Waals surface area (Å²) in [7, 11) is 0. The van der Waals surface area contributed by atoms with Crippen molar-refractivity contribution in [2.75, 3.05) is 5.32 Å². The topological polar surface area (TPSA) is 110 Å². The first-order valence-electron chi connectivity index (χ1n) is 5.81. The summed E-state index contributed by atoms with van der Waals surface area (Å²) in [4.78, 5) is 32.9. The lowest BCUT2D eigenvalue weighted by Crippen LogP contribution is -2.17. The van der Waals surface area contributed by atoms with E-state index in [0.29, 0.717) is 5.56 Å². The van der Waals surface area contributed by atoms with Crippen molar-refractivity contribution < 1.29 is 19.6 Å². The van der Waals surface area contributed by atoms with Gasteiger partial charge < -0.3 is 10.4 Å². The summed E-state index contributed by atoms with van der Waals surface area (Å²) >= 11 is 5.77. The number of nitrogens with one attached hydrogen (secondary N) is 1. The molecule has 0 spiro atoms. The van der Waals surface area contributed by atoms with Crippen molar-refractivity contribution in [1.82, 2.24) is 0 Å². The number of aryl methyl sites for hydroxylation is 1. The molecule has 1 aromatic carbocycles. The number of amides is 1. The van der Waals surface area contributed by atoms with Gasteiger partial charge in [-0.25, -0.2) is 4.79 Å². The first-order chi connectivity index (χ1) is 9.65. The third-order valence-electron chi connectivity index (χ3n) is 2.96. The Bertz CT molecular complexity index is 667. The molecular weight excluding hydrogens is 300 g/mol. The van der Waals surface area contributed by atoms with Crippen molar-refractivity contribution in [3.05, 3.63) is 44.0 Å². The Morgan fingerprint density at radius 2 is 1.86 bits per heavy atom. The summed E-state index contributed by atoms with van der Waals surface area (Å²) in [5.41, 5.74) is 0.420. The number of halogens is 1. The molecule has 0 aromatic heterocycles. The first-order valence-corrected chi connectivity index (χ1v) is 6.19. The van der Waals surface area contributed by atoms with Crippen molar-refractivity contribution >= 4 is 34.9 Å². The van der Waals surface area contributed by atoms with Crippen LogP contribution in [0.4, 0.5) is 11.4 Å². The van der Waals surface area contributed by atoms with Crippen LogP contribution in [-0.4, -0.2) is 21.9 Å². The smallest absolute Gasteiger partial charge is 0.331 e. The van der Waals surface area contributed by atoms with Crippen molar-refractivity contribution in [1.29, 1.82) is 0 Å². The fourth-order valence-corrected chi connectivity index (χ4v) is 1.72. The van der Waals surface area contributed by atoms with Crippen molar-refractivity contribution in [2.45, 2.75) is 20.8 Å². The number of carboxylic acids is 1. The van der Waals surface area contributed by atoms with Crippen LogP contribution < -0.4 is 5.32 Å². The molecule has 0 aliphatic carbocycles. The number of nitro benzene ring substituents is 1. The summed E-state index contributed by atoms with van der Waals surface area (Å²) in [6.45, 7) is 4.26. The molecular formula is C13H13ClN2O5. The van der Waals surface area contributed by atoms with Crippen LogP contribution in [0.1, 0.15) is 19.4 Å². The van der Waals surface area contributed by atoms with Gasteiger partial charge in [0, 0.05) is 22.9 Å². The van der Waals surface area contributed by atoms with E-state index in [1.807, 2.05) is 0 Å². The summed E-state index contributed by atoms with van der Waals surface area (Å²) in [6, 6.07) is 2.50. The highest BCUT2D eigenvalue weighted by Gasteiger charge is 2.18. The van der Waals surface area contributed by atoms with Gasteiger partial charge in [0.1, 0.15) is 5.02 Å². The Kier molecular flexibility index (Phi) is 5.04. The van der Waals surface area contributed by atoms with E-state index < -0.39 is 16.8 Å². The van der Waals surface area contributed by atoms with E-state index >= 15 is 0 Å². The summed E-state index contributed by atoms with van der Waals surface area (Å²) < 4.78 is 0. The number of aliphatic carboxylic acids is 1. The number of rotatable bonds is 4. The number of carbonyl (C=O) groups is 2. The summed E-state index contributed by atoms with van der Waals surface area (Å²) in [5.74, 6) is -1.80. The fourth-order valence-electron chi connectivity index (χ4n) is 1.49.